The van der Waals surface area contributed by atoms with Crippen LogP contribution in [0.2, 0.25) is 5.15 Å². The molecule has 0 bridgehead atoms. The molecule has 0 aliphatic carbocycles. The first-order valence-corrected chi connectivity index (χ1v) is 4.63. The molecule has 2 nitrogen and oxygen atoms in total. The van der Waals surface area contributed by atoms with Crippen LogP contribution >= 0.6 is 22.9 Å². The Balaban J connectivity index is 2.48. The lowest BCUT2D eigenvalue weighted by atomic mass is 10.3. The normalized spacial score (nSPS) is 10.1. The van der Waals surface area contributed by atoms with E-state index in [0.717, 1.165) is 10.6 Å². The molecule has 2 aromatic heterocycles. The first kappa shape index (κ1) is 7.71. The highest BCUT2D eigenvalue weighted by Crippen LogP contribution is 2.23. The van der Waals surface area contributed by atoms with Crippen LogP contribution in [0.5, 0.6) is 0 Å². The second kappa shape index (κ2) is 3.21. The van der Waals surface area contributed by atoms with E-state index in [2.05, 4.69) is 9.97 Å². The van der Waals surface area contributed by atoms with Gasteiger partial charge in [0.15, 0.2) is 0 Å². The zero-order valence-electron chi connectivity index (χ0n) is 6.07. The monoisotopic (exact) mass is 196 g/mol. The maximum atomic E-state index is 5.72. The van der Waals surface area contributed by atoms with Crippen molar-refractivity contribution in [2.24, 2.45) is 0 Å². The molecule has 12 heavy (non-hydrogen) atoms. The maximum Gasteiger partial charge on any atom is 0.133 e. The van der Waals surface area contributed by atoms with Gasteiger partial charge in [-0.15, -0.1) is 11.3 Å². The van der Waals surface area contributed by atoms with Gasteiger partial charge >= 0.3 is 0 Å². The van der Waals surface area contributed by atoms with Crippen molar-refractivity contribution in [3.8, 4) is 10.6 Å². The van der Waals surface area contributed by atoms with Crippen LogP contribution in [-0.2, 0) is 0 Å². The van der Waals surface area contributed by atoms with Crippen LogP contribution in [0, 0.1) is 0 Å². The van der Waals surface area contributed by atoms with Crippen LogP contribution in [0.25, 0.3) is 10.6 Å². The lowest BCUT2D eigenvalue weighted by Gasteiger charge is -1.94. The molecule has 2 rings (SSSR count). The third kappa shape index (κ3) is 1.47. The Bertz CT molecular complexity index is 372. The summed E-state index contributed by atoms with van der Waals surface area (Å²) in [6, 6.07) is 5.74. The van der Waals surface area contributed by atoms with Crippen LogP contribution in [0.1, 0.15) is 0 Å². The Kier molecular flexibility index (Phi) is 2.06. The third-order valence-electron chi connectivity index (χ3n) is 1.41. The summed E-state index contributed by atoms with van der Waals surface area (Å²) in [5, 5.41) is 2.49. The molecule has 0 fully saturated rings. The first-order valence-electron chi connectivity index (χ1n) is 3.38. The highest BCUT2D eigenvalue weighted by Gasteiger charge is 1.99. The number of halogens is 1. The first-order chi connectivity index (χ1) is 5.86. The Labute approximate surface area is 78.9 Å². The molecule has 0 atom stereocenters. The van der Waals surface area contributed by atoms with Crippen LogP contribution in [0.15, 0.2) is 29.9 Å². The number of rotatable bonds is 1. The Morgan fingerprint density at radius 2 is 2.25 bits per heavy atom. The van der Waals surface area contributed by atoms with Gasteiger partial charge in [-0.2, -0.15) is 0 Å². The van der Waals surface area contributed by atoms with Gasteiger partial charge < -0.3 is 0 Å². The summed E-state index contributed by atoms with van der Waals surface area (Å²) in [5.41, 5.74) is 0.880. The molecule has 0 aliphatic heterocycles. The molecule has 2 aromatic rings. The zero-order valence-corrected chi connectivity index (χ0v) is 7.64. The lowest BCUT2D eigenvalue weighted by molar-refractivity contribution is 1.18. The summed E-state index contributed by atoms with van der Waals surface area (Å²) in [7, 11) is 0. The van der Waals surface area contributed by atoms with Crippen LogP contribution in [-0.4, -0.2) is 9.97 Å². The van der Waals surface area contributed by atoms with Gasteiger partial charge in [0.2, 0.25) is 0 Å². The largest absolute Gasteiger partial charge is 0.235 e. The van der Waals surface area contributed by atoms with E-state index < -0.39 is 0 Å². The molecule has 60 valence electrons. The molecule has 0 saturated heterocycles. The van der Waals surface area contributed by atoms with E-state index in [1.807, 2.05) is 17.5 Å². The van der Waals surface area contributed by atoms with Gasteiger partial charge in [-0.25, -0.2) is 9.97 Å². The highest BCUT2D eigenvalue weighted by molar-refractivity contribution is 7.13. The predicted molar refractivity (Wildman–Crippen MR) is 50.4 cm³/mol. The molecule has 0 spiro atoms. The SMILES string of the molecule is Clc1cc(-c2cccs2)ncn1. The average Bonchev–Trinajstić information content (AvgIpc) is 2.56. The fraction of sp³-hybridized carbons (Fsp3) is 0. The van der Waals surface area contributed by atoms with Crippen molar-refractivity contribution in [1.82, 2.24) is 9.97 Å². The van der Waals surface area contributed by atoms with E-state index in [4.69, 9.17) is 11.6 Å². The number of aromatic nitrogens is 2. The van der Waals surface area contributed by atoms with Gasteiger partial charge in [0.1, 0.15) is 11.5 Å². The molecule has 0 aromatic carbocycles. The van der Waals surface area contributed by atoms with Crippen molar-refractivity contribution in [1.29, 1.82) is 0 Å². The standard InChI is InChI=1S/C8H5ClN2S/c9-8-4-6(10-5-11-8)7-2-1-3-12-7/h1-5H. The number of nitrogens with zero attached hydrogens (tertiary/aromatic N) is 2. The van der Waals surface area contributed by atoms with Gasteiger partial charge in [0.25, 0.3) is 0 Å². The van der Waals surface area contributed by atoms with Gasteiger partial charge in [-0.1, -0.05) is 17.7 Å². The summed E-state index contributed by atoms with van der Waals surface area (Å²) in [5.74, 6) is 0. The highest BCUT2D eigenvalue weighted by atomic mass is 35.5. The molecular weight excluding hydrogens is 192 g/mol. The minimum atomic E-state index is 0.480. The van der Waals surface area contributed by atoms with Gasteiger partial charge in [0.05, 0.1) is 10.6 Å². The fourth-order valence-electron chi connectivity index (χ4n) is 0.893. The van der Waals surface area contributed by atoms with E-state index in [9.17, 15) is 0 Å². The van der Waals surface area contributed by atoms with Crippen LogP contribution < -0.4 is 0 Å². The predicted octanol–water partition coefficient (Wildman–Crippen LogP) is 2.86. The summed E-state index contributed by atoms with van der Waals surface area (Å²) in [6.45, 7) is 0. The molecule has 0 radical (unpaired) electrons. The van der Waals surface area contributed by atoms with Gasteiger partial charge in [0, 0.05) is 6.07 Å². The molecule has 0 unspecified atom stereocenters. The molecule has 4 heteroatoms. The topological polar surface area (TPSA) is 25.8 Å². The second-order valence-corrected chi connectivity index (χ2v) is 3.54. The number of thiophene rings is 1. The molecule has 0 N–H and O–H groups in total. The minimum absolute atomic E-state index is 0.480. The van der Waals surface area contributed by atoms with E-state index in [0.29, 0.717) is 5.15 Å². The summed E-state index contributed by atoms with van der Waals surface area (Å²) in [4.78, 5) is 9.02. The van der Waals surface area contributed by atoms with E-state index in [-0.39, 0.29) is 0 Å². The Hall–Kier alpha value is -0.930. The number of hydrogen-bond donors (Lipinski definition) is 0. The maximum absolute atomic E-state index is 5.72. The average molecular weight is 197 g/mol. The van der Waals surface area contributed by atoms with Crippen molar-refractivity contribution >= 4 is 22.9 Å². The van der Waals surface area contributed by atoms with Crippen LogP contribution in [0.4, 0.5) is 0 Å². The van der Waals surface area contributed by atoms with Crippen molar-refractivity contribution < 1.29 is 0 Å². The van der Waals surface area contributed by atoms with Gasteiger partial charge in [-0.05, 0) is 11.4 Å². The zero-order chi connectivity index (χ0) is 8.39. The molecule has 0 saturated carbocycles. The van der Waals surface area contributed by atoms with Crippen LogP contribution in [0.3, 0.4) is 0 Å². The van der Waals surface area contributed by atoms with E-state index >= 15 is 0 Å². The molecule has 0 amide bonds. The van der Waals surface area contributed by atoms with Gasteiger partial charge in [-0.3, -0.25) is 0 Å². The fourth-order valence-corrected chi connectivity index (χ4v) is 1.73. The Morgan fingerprint density at radius 1 is 1.33 bits per heavy atom. The number of hydrogen-bond acceptors (Lipinski definition) is 3. The molecule has 0 aliphatic rings. The second-order valence-electron chi connectivity index (χ2n) is 2.20. The van der Waals surface area contributed by atoms with Crippen molar-refractivity contribution in [3.05, 3.63) is 35.1 Å². The molecule has 2 heterocycles. The van der Waals surface area contributed by atoms with E-state index in [1.165, 1.54) is 6.33 Å². The van der Waals surface area contributed by atoms with Crippen molar-refractivity contribution in [2.45, 2.75) is 0 Å². The Morgan fingerprint density at radius 3 is 2.92 bits per heavy atom. The third-order valence-corrected chi connectivity index (χ3v) is 2.51. The minimum Gasteiger partial charge on any atom is -0.235 e. The quantitative estimate of drug-likeness (QED) is 0.656. The van der Waals surface area contributed by atoms with E-state index in [1.54, 1.807) is 17.4 Å². The lowest BCUT2D eigenvalue weighted by Crippen LogP contribution is -1.81. The summed E-state index contributed by atoms with van der Waals surface area (Å²) < 4.78 is 0. The summed E-state index contributed by atoms with van der Waals surface area (Å²) >= 11 is 7.35. The van der Waals surface area contributed by atoms with Crippen molar-refractivity contribution in [3.63, 3.8) is 0 Å². The summed E-state index contributed by atoms with van der Waals surface area (Å²) in [6.07, 6.45) is 1.47. The molecular formula is C8H5ClN2S. The van der Waals surface area contributed by atoms with Crippen molar-refractivity contribution in [2.75, 3.05) is 0 Å². The smallest absolute Gasteiger partial charge is 0.133 e.